The van der Waals surface area contributed by atoms with E-state index in [2.05, 4.69) is 35.8 Å². The van der Waals surface area contributed by atoms with Gasteiger partial charge in [0.15, 0.2) is 11.5 Å². The number of nitriles is 1. The maximum absolute atomic E-state index is 9.28. The lowest BCUT2D eigenvalue weighted by Gasteiger charge is -2.23. The van der Waals surface area contributed by atoms with E-state index in [0.29, 0.717) is 28.4 Å². The molecule has 2 aliphatic rings. The van der Waals surface area contributed by atoms with Crippen LogP contribution in [0.3, 0.4) is 0 Å². The van der Waals surface area contributed by atoms with Gasteiger partial charge in [-0.1, -0.05) is 23.7 Å². The van der Waals surface area contributed by atoms with Crippen LogP contribution in [0.15, 0.2) is 49.1 Å². The van der Waals surface area contributed by atoms with Crippen molar-refractivity contribution in [3.8, 4) is 17.3 Å². The summed E-state index contributed by atoms with van der Waals surface area (Å²) < 4.78 is 0. The first-order chi connectivity index (χ1) is 14.2. The van der Waals surface area contributed by atoms with E-state index in [0.717, 1.165) is 43.3 Å². The number of benzene rings is 1. The van der Waals surface area contributed by atoms with E-state index in [1.54, 1.807) is 12.4 Å². The average Bonchev–Trinajstić information content (AvgIpc) is 3.34. The maximum Gasteiger partial charge on any atom is 0.183 e. The molecule has 0 N–H and O–H groups in total. The van der Waals surface area contributed by atoms with E-state index < -0.39 is 0 Å². The van der Waals surface area contributed by atoms with Crippen LogP contribution in [0.5, 0.6) is 0 Å². The average molecular weight is 404 g/mol. The first-order valence-electron chi connectivity index (χ1n) is 9.50. The summed E-state index contributed by atoms with van der Waals surface area (Å²) in [5.41, 5.74) is 2.23. The van der Waals surface area contributed by atoms with Crippen molar-refractivity contribution < 1.29 is 0 Å². The molecule has 0 bridgehead atoms. The Kier molecular flexibility index (Phi) is 4.49. The first-order valence-corrected chi connectivity index (χ1v) is 9.88. The lowest BCUT2D eigenvalue weighted by Crippen LogP contribution is -2.30. The lowest BCUT2D eigenvalue weighted by atomic mass is 10.0. The predicted octanol–water partition coefficient (Wildman–Crippen LogP) is 3.03. The lowest BCUT2D eigenvalue weighted by molar-refractivity contribution is 0.533. The molecule has 2 aromatic heterocycles. The van der Waals surface area contributed by atoms with Gasteiger partial charge in [0.2, 0.25) is 0 Å². The van der Waals surface area contributed by atoms with Crippen molar-refractivity contribution in [2.24, 2.45) is 11.8 Å². The molecule has 1 aromatic carbocycles. The highest BCUT2D eigenvalue weighted by atomic mass is 35.5. The zero-order valence-corrected chi connectivity index (χ0v) is 16.4. The molecule has 0 aliphatic carbocycles. The minimum atomic E-state index is 0.396. The van der Waals surface area contributed by atoms with E-state index in [4.69, 9.17) is 11.6 Å². The Hall–Kier alpha value is -3.24. The van der Waals surface area contributed by atoms with E-state index >= 15 is 0 Å². The Labute approximate surface area is 173 Å². The van der Waals surface area contributed by atoms with Crippen LogP contribution in [-0.4, -0.2) is 46.1 Å². The molecule has 5 rings (SSSR count). The normalized spacial score (nSPS) is 20.6. The smallest absolute Gasteiger partial charge is 0.183 e. The van der Waals surface area contributed by atoms with Crippen LogP contribution in [-0.2, 0) is 0 Å². The molecular formula is C21H18ClN7. The van der Waals surface area contributed by atoms with Crippen molar-refractivity contribution in [1.82, 2.24) is 19.9 Å². The Balaban J connectivity index is 1.27. The van der Waals surface area contributed by atoms with Gasteiger partial charge in [0, 0.05) is 61.0 Å². The van der Waals surface area contributed by atoms with Gasteiger partial charge in [0.25, 0.3) is 0 Å². The Bertz CT molecular complexity index is 1050. The second-order valence-electron chi connectivity index (χ2n) is 7.44. The molecule has 0 radical (unpaired) electrons. The van der Waals surface area contributed by atoms with Crippen molar-refractivity contribution >= 4 is 23.2 Å². The van der Waals surface area contributed by atoms with Gasteiger partial charge < -0.3 is 9.80 Å². The van der Waals surface area contributed by atoms with Crippen LogP contribution >= 0.6 is 11.6 Å². The third-order valence-corrected chi connectivity index (χ3v) is 5.92. The highest BCUT2D eigenvalue weighted by Crippen LogP contribution is 2.35. The molecular weight excluding hydrogens is 386 g/mol. The third-order valence-electron chi connectivity index (χ3n) is 5.67. The molecule has 144 valence electrons. The Morgan fingerprint density at radius 1 is 0.862 bits per heavy atom. The van der Waals surface area contributed by atoms with Crippen molar-refractivity contribution in [2.75, 3.05) is 36.0 Å². The molecule has 4 heterocycles. The van der Waals surface area contributed by atoms with Crippen LogP contribution in [0.25, 0.3) is 11.3 Å². The van der Waals surface area contributed by atoms with Gasteiger partial charge >= 0.3 is 0 Å². The highest BCUT2D eigenvalue weighted by Gasteiger charge is 2.41. The Morgan fingerprint density at radius 2 is 1.55 bits per heavy atom. The number of fused-ring (bicyclic) bond motifs is 1. The Morgan fingerprint density at radius 3 is 2.21 bits per heavy atom. The number of nitrogens with zero attached hydrogens (tertiary/aromatic N) is 7. The fourth-order valence-electron chi connectivity index (χ4n) is 4.25. The minimum Gasteiger partial charge on any atom is -0.355 e. The van der Waals surface area contributed by atoms with Crippen LogP contribution in [0.2, 0.25) is 5.02 Å². The van der Waals surface area contributed by atoms with Gasteiger partial charge in [-0.15, -0.1) is 0 Å². The van der Waals surface area contributed by atoms with Crippen molar-refractivity contribution in [3.63, 3.8) is 0 Å². The molecule has 7 nitrogen and oxygen atoms in total. The van der Waals surface area contributed by atoms with E-state index in [1.807, 2.05) is 36.7 Å². The molecule has 2 saturated heterocycles. The van der Waals surface area contributed by atoms with E-state index in [-0.39, 0.29) is 0 Å². The molecule has 2 aliphatic heterocycles. The number of halogens is 1. The molecule has 0 saturated carbocycles. The summed E-state index contributed by atoms with van der Waals surface area (Å²) in [5.74, 6) is 2.63. The molecule has 8 heteroatoms. The van der Waals surface area contributed by atoms with Gasteiger partial charge in [-0.2, -0.15) is 5.26 Å². The summed E-state index contributed by atoms with van der Waals surface area (Å²) in [6.07, 6.45) is 6.87. The van der Waals surface area contributed by atoms with Crippen molar-refractivity contribution in [3.05, 3.63) is 59.8 Å². The molecule has 0 spiro atoms. The summed E-state index contributed by atoms with van der Waals surface area (Å²) in [7, 11) is 0. The first kappa shape index (κ1) is 17.8. The molecule has 2 fully saturated rings. The van der Waals surface area contributed by atoms with Crippen LogP contribution in [0.1, 0.15) is 5.69 Å². The van der Waals surface area contributed by atoms with Crippen LogP contribution in [0.4, 0.5) is 11.6 Å². The maximum atomic E-state index is 9.28. The number of hydrogen-bond donors (Lipinski definition) is 0. The van der Waals surface area contributed by atoms with Crippen molar-refractivity contribution in [2.45, 2.75) is 0 Å². The molecule has 3 aromatic rings. The SMILES string of the molecule is N#Cc1nccnc1N1CC2CN(c3cnc(-c4ccc(Cl)cc4)cn3)CC2C1. The third kappa shape index (κ3) is 3.36. The number of aromatic nitrogens is 4. The summed E-state index contributed by atoms with van der Waals surface area (Å²) in [5, 5.41) is 9.99. The summed E-state index contributed by atoms with van der Waals surface area (Å²) in [6.45, 7) is 3.62. The summed E-state index contributed by atoms with van der Waals surface area (Å²) in [6, 6.07) is 9.75. The fourth-order valence-corrected chi connectivity index (χ4v) is 4.37. The topological polar surface area (TPSA) is 81.8 Å². The highest BCUT2D eigenvalue weighted by molar-refractivity contribution is 6.30. The fraction of sp³-hybridized carbons (Fsp3) is 0.286. The second-order valence-corrected chi connectivity index (χ2v) is 7.87. The number of rotatable bonds is 3. The van der Waals surface area contributed by atoms with Crippen LogP contribution in [0, 0.1) is 23.2 Å². The predicted molar refractivity (Wildman–Crippen MR) is 111 cm³/mol. The minimum absolute atomic E-state index is 0.396. The number of anilines is 2. The van der Waals surface area contributed by atoms with Crippen LogP contribution < -0.4 is 9.80 Å². The van der Waals surface area contributed by atoms with Crippen molar-refractivity contribution in [1.29, 1.82) is 5.26 Å². The van der Waals surface area contributed by atoms with E-state index in [1.165, 1.54) is 0 Å². The largest absolute Gasteiger partial charge is 0.355 e. The summed E-state index contributed by atoms with van der Waals surface area (Å²) >= 11 is 5.95. The molecule has 0 amide bonds. The van der Waals surface area contributed by atoms with Gasteiger partial charge in [0.05, 0.1) is 18.1 Å². The van der Waals surface area contributed by atoms with Gasteiger partial charge in [-0.25, -0.2) is 15.0 Å². The molecule has 2 unspecified atom stereocenters. The molecule has 2 atom stereocenters. The van der Waals surface area contributed by atoms with Gasteiger partial charge in [-0.3, -0.25) is 4.98 Å². The standard InChI is InChI=1S/C21H18ClN7/c22-17-3-1-14(2-4-17)19-8-27-20(9-26-19)28-10-15-12-29(13-16(15)11-28)21-18(7-23)24-5-6-25-21/h1-6,8-9,15-16H,10-13H2. The van der Waals surface area contributed by atoms with Gasteiger partial charge in [-0.05, 0) is 12.1 Å². The number of hydrogen-bond acceptors (Lipinski definition) is 7. The summed E-state index contributed by atoms with van der Waals surface area (Å²) in [4.78, 5) is 22.2. The van der Waals surface area contributed by atoms with Gasteiger partial charge in [0.1, 0.15) is 11.9 Å². The zero-order valence-electron chi connectivity index (χ0n) is 15.6. The molecule has 29 heavy (non-hydrogen) atoms. The monoisotopic (exact) mass is 403 g/mol. The van der Waals surface area contributed by atoms with E-state index in [9.17, 15) is 5.26 Å². The second kappa shape index (κ2) is 7.30. The zero-order chi connectivity index (χ0) is 19.8. The quantitative estimate of drug-likeness (QED) is 0.664.